The van der Waals surface area contributed by atoms with Gasteiger partial charge in [-0.25, -0.2) is 13.1 Å². The minimum atomic E-state index is -3.68. The third-order valence-corrected chi connectivity index (χ3v) is 7.34. The maximum Gasteiger partial charge on any atom is 0.241 e. The van der Waals surface area contributed by atoms with Crippen molar-refractivity contribution in [3.05, 3.63) is 58.4 Å². The van der Waals surface area contributed by atoms with Gasteiger partial charge in [0.15, 0.2) is 0 Å². The molecule has 0 amide bonds. The molecule has 0 radical (unpaired) electrons. The van der Waals surface area contributed by atoms with Crippen molar-refractivity contribution in [3.8, 4) is 0 Å². The molecular formula is C21H28N2O3S. The molecule has 27 heavy (non-hydrogen) atoms. The second-order valence-corrected chi connectivity index (χ2v) is 9.08. The molecule has 5 nitrogen and oxygen atoms in total. The van der Waals surface area contributed by atoms with Gasteiger partial charge < -0.3 is 4.74 Å². The molecule has 1 aromatic heterocycles. The Kier molecular flexibility index (Phi) is 5.99. The van der Waals surface area contributed by atoms with Crippen molar-refractivity contribution in [1.82, 2.24) is 9.71 Å². The number of aromatic nitrogens is 1. The number of nitrogens with one attached hydrogen (secondary N) is 1. The number of nitrogens with zero attached hydrogens (tertiary/aromatic N) is 1. The molecule has 1 saturated heterocycles. The van der Waals surface area contributed by atoms with Crippen LogP contribution in [0.3, 0.4) is 0 Å². The topological polar surface area (TPSA) is 68.3 Å². The Bertz CT molecular complexity index is 879. The molecule has 3 rings (SSSR count). The maximum absolute atomic E-state index is 13.4. The van der Waals surface area contributed by atoms with Gasteiger partial charge in [0.2, 0.25) is 10.0 Å². The molecule has 0 bridgehead atoms. The number of hydrogen-bond donors (Lipinski definition) is 1. The standard InChI is InChI=1S/C21H28N2O3S/c1-14-12-15(2)17(4)21(16(14)3)27(24,25)23-20(18-7-10-26-11-8-18)19-6-5-9-22-13-19/h5-6,9,12-13,18,20,23H,7-8,10-11H2,1-4H3. The number of aryl methyl sites for hydroxylation is 2. The van der Waals surface area contributed by atoms with Crippen molar-refractivity contribution in [2.75, 3.05) is 13.2 Å². The van der Waals surface area contributed by atoms with Gasteiger partial charge in [0, 0.05) is 25.6 Å². The number of sulfonamides is 1. The number of pyridine rings is 1. The second kappa shape index (κ2) is 8.09. The maximum atomic E-state index is 13.4. The normalized spacial score (nSPS) is 17.0. The summed E-state index contributed by atoms with van der Waals surface area (Å²) in [6.07, 6.45) is 5.11. The first-order valence-electron chi connectivity index (χ1n) is 9.38. The summed E-state index contributed by atoms with van der Waals surface area (Å²) in [5, 5.41) is 0. The second-order valence-electron chi connectivity index (χ2n) is 7.42. The molecule has 1 aromatic carbocycles. The average Bonchev–Trinajstić information content (AvgIpc) is 2.66. The molecule has 0 aliphatic carbocycles. The van der Waals surface area contributed by atoms with Crippen LogP contribution in [0.2, 0.25) is 0 Å². The van der Waals surface area contributed by atoms with E-state index in [4.69, 9.17) is 4.74 Å². The minimum absolute atomic E-state index is 0.184. The summed E-state index contributed by atoms with van der Waals surface area (Å²) in [5.74, 6) is 0.184. The van der Waals surface area contributed by atoms with Crippen LogP contribution in [-0.2, 0) is 14.8 Å². The van der Waals surface area contributed by atoms with Gasteiger partial charge in [0.25, 0.3) is 0 Å². The van der Waals surface area contributed by atoms with Gasteiger partial charge >= 0.3 is 0 Å². The third-order valence-electron chi connectivity index (χ3n) is 5.63. The molecule has 1 fully saturated rings. The van der Waals surface area contributed by atoms with E-state index in [9.17, 15) is 8.42 Å². The van der Waals surface area contributed by atoms with Crippen molar-refractivity contribution < 1.29 is 13.2 Å². The van der Waals surface area contributed by atoms with E-state index in [0.29, 0.717) is 18.1 Å². The summed E-state index contributed by atoms with van der Waals surface area (Å²) in [6, 6.07) is 5.52. The fraction of sp³-hybridized carbons (Fsp3) is 0.476. The van der Waals surface area contributed by atoms with E-state index in [1.54, 1.807) is 12.4 Å². The van der Waals surface area contributed by atoms with Crippen LogP contribution in [0.5, 0.6) is 0 Å². The van der Waals surface area contributed by atoms with Crippen LogP contribution < -0.4 is 4.72 Å². The molecular weight excluding hydrogens is 360 g/mol. The number of ether oxygens (including phenoxy) is 1. The first-order valence-corrected chi connectivity index (χ1v) is 10.9. The van der Waals surface area contributed by atoms with E-state index in [1.807, 2.05) is 45.9 Å². The van der Waals surface area contributed by atoms with E-state index in [0.717, 1.165) is 40.7 Å². The summed E-state index contributed by atoms with van der Waals surface area (Å²) >= 11 is 0. The fourth-order valence-corrected chi connectivity index (χ4v) is 5.76. The van der Waals surface area contributed by atoms with Crippen LogP contribution in [0, 0.1) is 33.6 Å². The SMILES string of the molecule is Cc1cc(C)c(C)c(S(=O)(=O)NC(c2cccnc2)C2CCOCC2)c1C. The van der Waals surface area contributed by atoms with Gasteiger partial charge in [-0.2, -0.15) is 0 Å². The Morgan fingerprint density at radius 2 is 1.74 bits per heavy atom. The van der Waals surface area contributed by atoms with Gasteiger partial charge in [-0.05, 0) is 80.3 Å². The Morgan fingerprint density at radius 1 is 1.11 bits per heavy atom. The zero-order valence-corrected chi connectivity index (χ0v) is 17.3. The molecule has 2 aromatic rings. The van der Waals surface area contributed by atoms with Crippen LogP contribution in [-0.4, -0.2) is 26.6 Å². The molecule has 1 aliphatic heterocycles. The van der Waals surface area contributed by atoms with Crippen molar-refractivity contribution in [2.24, 2.45) is 5.92 Å². The highest BCUT2D eigenvalue weighted by atomic mass is 32.2. The molecule has 2 heterocycles. The molecule has 1 N–H and O–H groups in total. The number of hydrogen-bond acceptors (Lipinski definition) is 4. The van der Waals surface area contributed by atoms with Gasteiger partial charge in [-0.1, -0.05) is 12.1 Å². The molecule has 0 saturated carbocycles. The summed E-state index contributed by atoms with van der Waals surface area (Å²) < 4.78 is 35.4. The quantitative estimate of drug-likeness (QED) is 0.847. The molecule has 6 heteroatoms. The predicted octanol–water partition coefficient (Wildman–Crippen LogP) is 3.76. The minimum Gasteiger partial charge on any atom is -0.381 e. The monoisotopic (exact) mass is 388 g/mol. The van der Waals surface area contributed by atoms with E-state index >= 15 is 0 Å². The van der Waals surface area contributed by atoms with Crippen molar-refractivity contribution in [1.29, 1.82) is 0 Å². The summed E-state index contributed by atoms with van der Waals surface area (Å²) in [4.78, 5) is 4.60. The number of benzene rings is 1. The highest BCUT2D eigenvalue weighted by Gasteiger charge is 2.32. The van der Waals surface area contributed by atoms with Gasteiger partial charge in [0.05, 0.1) is 10.9 Å². The smallest absolute Gasteiger partial charge is 0.241 e. The number of rotatable bonds is 5. The lowest BCUT2D eigenvalue weighted by atomic mass is 9.88. The van der Waals surface area contributed by atoms with E-state index < -0.39 is 10.0 Å². The van der Waals surface area contributed by atoms with E-state index in [-0.39, 0.29) is 12.0 Å². The Morgan fingerprint density at radius 3 is 2.30 bits per heavy atom. The van der Waals surface area contributed by atoms with Crippen LogP contribution in [0.4, 0.5) is 0 Å². The predicted molar refractivity (Wildman–Crippen MR) is 106 cm³/mol. The highest BCUT2D eigenvalue weighted by Crippen LogP contribution is 2.33. The first kappa shape index (κ1) is 20.0. The van der Waals surface area contributed by atoms with Crippen LogP contribution >= 0.6 is 0 Å². The van der Waals surface area contributed by atoms with Crippen LogP contribution in [0.15, 0.2) is 35.5 Å². The van der Waals surface area contributed by atoms with Crippen molar-refractivity contribution >= 4 is 10.0 Å². The summed E-state index contributed by atoms with van der Waals surface area (Å²) in [6.45, 7) is 8.99. The Labute approximate surface area is 162 Å². The van der Waals surface area contributed by atoms with Crippen LogP contribution in [0.25, 0.3) is 0 Å². The van der Waals surface area contributed by atoms with Gasteiger partial charge in [0.1, 0.15) is 0 Å². The fourth-order valence-electron chi connectivity index (χ4n) is 3.86. The van der Waals surface area contributed by atoms with E-state index in [1.165, 1.54) is 0 Å². The average molecular weight is 389 g/mol. The molecule has 1 unspecified atom stereocenters. The zero-order chi connectivity index (χ0) is 19.6. The van der Waals surface area contributed by atoms with Crippen molar-refractivity contribution in [2.45, 2.75) is 51.5 Å². The Hall–Kier alpha value is -1.76. The Balaban J connectivity index is 2.03. The lowest BCUT2D eigenvalue weighted by Gasteiger charge is -2.31. The lowest BCUT2D eigenvalue weighted by Crippen LogP contribution is -2.36. The third kappa shape index (κ3) is 4.23. The molecule has 0 spiro atoms. The summed E-state index contributed by atoms with van der Waals surface area (Å²) in [5.41, 5.74) is 4.49. The summed E-state index contributed by atoms with van der Waals surface area (Å²) in [7, 11) is -3.68. The zero-order valence-electron chi connectivity index (χ0n) is 16.5. The van der Waals surface area contributed by atoms with Gasteiger partial charge in [-0.3, -0.25) is 4.98 Å². The lowest BCUT2D eigenvalue weighted by molar-refractivity contribution is 0.0564. The molecule has 146 valence electrons. The molecule has 1 aliphatic rings. The molecule has 1 atom stereocenters. The van der Waals surface area contributed by atoms with Crippen LogP contribution in [0.1, 0.15) is 46.7 Å². The highest BCUT2D eigenvalue weighted by molar-refractivity contribution is 7.89. The van der Waals surface area contributed by atoms with Gasteiger partial charge in [-0.15, -0.1) is 0 Å². The largest absolute Gasteiger partial charge is 0.381 e. The van der Waals surface area contributed by atoms with Crippen molar-refractivity contribution in [3.63, 3.8) is 0 Å². The first-order chi connectivity index (χ1) is 12.8. The van der Waals surface area contributed by atoms with E-state index in [2.05, 4.69) is 9.71 Å².